The number of hydrogen-bond donors (Lipinski definition) is 2. The lowest BCUT2D eigenvalue weighted by molar-refractivity contribution is 0.0536. The van der Waals surface area contributed by atoms with Crippen molar-refractivity contribution in [3.05, 3.63) is 29.8 Å². The van der Waals surface area contributed by atoms with E-state index >= 15 is 0 Å². The summed E-state index contributed by atoms with van der Waals surface area (Å²) in [6, 6.07) is 6.81. The molecule has 0 amide bonds. The van der Waals surface area contributed by atoms with E-state index in [4.69, 9.17) is 14.5 Å². The molecule has 166 valence electrons. The molecule has 1 unspecified atom stereocenters. The maximum Gasteiger partial charge on any atom is 0.240 e. The highest BCUT2D eigenvalue weighted by molar-refractivity contribution is 14.0. The second kappa shape index (κ2) is 13.4. The van der Waals surface area contributed by atoms with Gasteiger partial charge in [0, 0.05) is 32.7 Å². The van der Waals surface area contributed by atoms with Gasteiger partial charge in [0.15, 0.2) is 5.96 Å². The van der Waals surface area contributed by atoms with Gasteiger partial charge in [-0.2, -0.15) is 0 Å². The van der Waals surface area contributed by atoms with Gasteiger partial charge in [0.1, 0.15) is 0 Å². The molecule has 0 aliphatic carbocycles. The van der Waals surface area contributed by atoms with Crippen LogP contribution in [-0.2, 0) is 26.0 Å². The van der Waals surface area contributed by atoms with Gasteiger partial charge in [-0.3, -0.25) is 0 Å². The summed E-state index contributed by atoms with van der Waals surface area (Å²) >= 11 is 0. The number of rotatable bonds is 10. The molecule has 2 N–H and O–H groups in total. The van der Waals surface area contributed by atoms with Gasteiger partial charge in [-0.1, -0.05) is 12.1 Å². The van der Waals surface area contributed by atoms with E-state index in [1.54, 1.807) is 31.4 Å². The molecule has 0 bridgehead atoms. The fourth-order valence-electron chi connectivity index (χ4n) is 3.04. The first-order valence-corrected chi connectivity index (χ1v) is 11.1. The smallest absolute Gasteiger partial charge is 0.240 e. The zero-order chi connectivity index (χ0) is 20.4. The van der Waals surface area contributed by atoms with E-state index in [0.717, 1.165) is 44.2 Å². The van der Waals surface area contributed by atoms with Crippen LogP contribution in [0.25, 0.3) is 0 Å². The van der Waals surface area contributed by atoms with Crippen molar-refractivity contribution in [2.75, 3.05) is 53.6 Å². The van der Waals surface area contributed by atoms with Crippen molar-refractivity contribution in [2.24, 2.45) is 10.9 Å². The van der Waals surface area contributed by atoms with Crippen molar-refractivity contribution in [3.8, 4) is 0 Å². The number of nitrogens with zero attached hydrogens (tertiary/aromatic N) is 2. The molecular formula is C19H33IN4O4S. The van der Waals surface area contributed by atoms with Crippen LogP contribution >= 0.6 is 24.0 Å². The average molecular weight is 540 g/mol. The minimum Gasteiger partial charge on any atom is -0.382 e. The zero-order valence-corrected chi connectivity index (χ0v) is 20.5. The Morgan fingerprint density at radius 3 is 2.62 bits per heavy atom. The van der Waals surface area contributed by atoms with Crippen molar-refractivity contribution in [3.63, 3.8) is 0 Å². The van der Waals surface area contributed by atoms with Gasteiger partial charge in [0.25, 0.3) is 0 Å². The fraction of sp³-hybridized carbons (Fsp3) is 0.632. The largest absolute Gasteiger partial charge is 0.382 e. The first-order chi connectivity index (χ1) is 13.5. The SMILES string of the molecule is CCNC(=NCc1ccc(S(=O)(=O)NC)cc1)N1CCC(COCCOC)C1.I. The molecule has 1 atom stereocenters. The van der Waals surface area contributed by atoms with E-state index in [-0.39, 0.29) is 28.9 Å². The molecule has 1 saturated heterocycles. The van der Waals surface area contributed by atoms with Crippen molar-refractivity contribution >= 4 is 40.0 Å². The number of benzene rings is 1. The summed E-state index contributed by atoms with van der Waals surface area (Å²) in [6.45, 7) is 7.18. The monoisotopic (exact) mass is 540 g/mol. The summed E-state index contributed by atoms with van der Waals surface area (Å²) in [5.41, 5.74) is 0.962. The van der Waals surface area contributed by atoms with Crippen LogP contribution in [-0.4, -0.2) is 72.9 Å². The number of ether oxygens (including phenoxy) is 2. The maximum absolute atomic E-state index is 11.8. The zero-order valence-electron chi connectivity index (χ0n) is 17.4. The first-order valence-electron chi connectivity index (χ1n) is 9.62. The molecule has 2 rings (SSSR count). The van der Waals surface area contributed by atoms with Gasteiger partial charge in [-0.25, -0.2) is 18.1 Å². The summed E-state index contributed by atoms with van der Waals surface area (Å²) in [4.78, 5) is 7.24. The van der Waals surface area contributed by atoms with Gasteiger partial charge in [-0.15, -0.1) is 24.0 Å². The average Bonchev–Trinajstić information content (AvgIpc) is 3.17. The number of likely N-dealkylation sites (tertiary alicyclic amines) is 1. The topological polar surface area (TPSA) is 92.3 Å². The number of hydrogen-bond acceptors (Lipinski definition) is 5. The summed E-state index contributed by atoms with van der Waals surface area (Å²) in [5.74, 6) is 1.38. The Morgan fingerprint density at radius 1 is 1.28 bits per heavy atom. The molecule has 0 radical (unpaired) electrons. The number of methoxy groups -OCH3 is 1. The fourth-order valence-corrected chi connectivity index (χ4v) is 3.77. The van der Waals surface area contributed by atoms with E-state index in [9.17, 15) is 8.42 Å². The van der Waals surface area contributed by atoms with Crippen LogP contribution in [0.15, 0.2) is 34.2 Å². The second-order valence-corrected chi connectivity index (χ2v) is 8.58. The molecule has 0 aromatic heterocycles. The summed E-state index contributed by atoms with van der Waals surface area (Å²) in [6.07, 6.45) is 1.08. The molecule has 0 spiro atoms. The Labute approximate surface area is 191 Å². The number of aliphatic imine (C=N–C) groups is 1. The van der Waals surface area contributed by atoms with Gasteiger partial charge >= 0.3 is 0 Å². The van der Waals surface area contributed by atoms with Crippen LogP contribution in [0.3, 0.4) is 0 Å². The van der Waals surface area contributed by atoms with E-state index in [0.29, 0.717) is 25.7 Å². The van der Waals surface area contributed by atoms with E-state index in [1.807, 2.05) is 6.92 Å². The number of halogens is 1. The lowest BCUT2D eigenvalue weighted by Gasteiger charge is -2.21. The van der Waals surface area contributed by atoms with Gasteiger partial charge in [0.2, 0.25) is 10.0 Å². The third-order valence-corrected chi connectivity index (χ3v) is 6.05. The highest BCUT2D eigenvalue weighted by Gasteiger charge is 2.25. The highest BCUT2D eigenvalue weighted by Crippen LogP contribution is 2.17. The lowest BCUT2D eigenvalue weighted by Crippen LogP contribution is -2.40. The molecule has 1 fully saturated rings. The number of guanidine groups is 1. The third kappa shape index (κ3) is 8.36. The van der Waals surface area contributed by atoms with Crippen LogP contribution in [0.2, 0.25) is 0 Å². The van der Waals surface area contributed by atoms with Crippen molar-refractivity contribution in [1.29, 1.82) is 0 Å². The molecule has 1 heterocycles. The molecule has 0 saturated carbocycles. The van der Waals surface area contributed by atoms with Crippen molar-refractivity contribution < 1.29 is 17.9 Å². The van der Waals surface area contributed by atoms with Crippen LogP contribution < -0.4 is 10.0 Å². The van der Waals surface area contributed by atoms with Crippen LogP contribution in [0.4, 0.5) is 0 Å². The Kier molecular flexibility index (Phi) is 12.0. The predicted molar refractivity (Wildman–Crippen MR) is 125 cm³/mol. The van der Waals surface area contributed by atoms with E-state index in [1.165, 1.54) is 7.05 Å². The van der Waals surface area contributed by atoms with Gasteiger partial charge in [0.05, 0.1) is 31.3 Å². The van der Waals surface area contributed by atoms with Crippen LogP contribution in [0.5, 0.6) is 0 Å². The third-order valence-electron chi connectivity index (χ3n) is 4.62. The molecule has 1 aliphatic heterocycles. The Balaban J connectivity index is 0.00000420. The second-order valence-electron chi connectivity index (χ2n) is 6.69. The number of sulfonamides is 1. The molecular weight excluding hydrogens is 507 g/mol. The van der Waals surface area contributed by atoms with E-state index in [2.05, 4.69) is 14.9 Å². The van der Waals surface area contributed by atoms with Crippen molar-refractivity contribution in [1.82, 2.24) is 14.9 Å². The Bertz CT molecular complexity index is 728. The molecule has 1 aromatic carbocycles. The first kappa shape index (κ1) is 26.1. The molecule has 8 nitrogen and oxygen atoms in total. The minimum atomic E-state index is -3.41. The molecule has 29 heavy (non-hydrogen) atoms. The van der Waals surface area contributed by atoms with Crippen LogP contribution in [0.1, 0.15) is 18.9 Å². The summed E-state index contributed by atoms with van der Waals surface area (Å²) < 4.78 is 36.6. The highest BCUT2D eigenvalue weighted by atomic mass is 127. The molecule has 1 aliphatic rings. The summed E-state index contributed by atoms with van der Waals surface area (Å²) in [7, 11) is -0.333. The molecule has 1 aromatic rings. The van der Waals surface area contributed by atoms with Crippen molar-refractivity contribution in [2.45, 2.75) is 24.8 Å². The molecule has 10 heteroatoms. The Morgan fingerprint density at radius 2 is 2.00 bits per heavy atom. The van der Waals surface area contributed by atoms with Crippen LogP contribution in [0, 0.1) is 5.92 Å². The van der Waals surface area contributed by atoms with E-state index < -0.39 is 10.0 Å². The normalized spacial score (nSPS) is 17.3. The quantitative estimate of drug-likeness (QED) is 0.203. The standard InChI is InChI=1S/C19H32N4O4S.HI/c1-4-21-19(23-10-9-17(14-23)15-27-12-11-26-3)22-13-16-5-7-18(8-6-16)28(24,25)20-2;/h5-8,17,20H,4,9-15H2,1-3H3,(H,21,22);1H. The Hall–Kier alpha value is -0.950. The van der Waals surface area contributed by atoms with Gasteiger partial charge in [-0.05, 0) is 38.1 Å². The predicted octanol–water partition coefficient (Wildman–Crippen LogP) is 1.66. The van der Waals surface area contributed by atoms with Gasteiger partial charge < -0.3 is 19.7 Å². The minimum absolute atomic E-state index is 0. The maximum atomic E-state index is 11.8. The lowest BCUT2D eigenvalue weighted by atomic mass is 10.1. The summed E-state index contributed by atoms with van der Waals surface area (Å²) in [5, 5.41) is 3.35. The number of nitrogens with one attached hydrogen (secondary N) is 2.